The first-order valence-corrected chi connectivity index (χ1v) is 11.1. The second-order valence-electron chi connectivity index (χ2n) is 7.28. The van der Waals surface area contributed by atoms with Crippen LogP contribution in [0.3, 0.4) is 0 Å². The second-order valence-corrected chi connectivity index (χ2v) is 9.68. The van der Waals surface area contributed by atoms with Gasteiger partial charge in [0.05, 0.1) is 11.0 Å². The van der Waals surface area contributed by atoms with Crippen LogP contribution in [-0.4, -0.2) is 55.1 Å². The molecule has 4 heterocycles. The summed E-state index contributed by atoms with van der Waals surface area (Å²) in [5, 5.41) is 2.73. The molecule has 0 aliphatic carbocycles. The lowest BCUT2D eigenvalue weighted by molar-refractivity contribution is 0.253. The average Bonchev–Trinajstić information content (AvgIpc) is 2.69. The van der Waals surface area contributed by atoms with Crippen LogP contribution in [0, 0.1) is 0 Å². The molecule has 1 unspecified atom stereocenters. The maximum atomic E-state index is 12.3. The van der Waals surface area contributed by atoms with Crippen molar-refractivity contribution in [1.82, 2.24) is 15.3 Å². The zero-order valence-electron chi connectivity index (χ0n) is 15.5. The number of amides is 2. The number of aromatic nitrogens is 2. The first-order valence-electron chi connectivity index (χ1n) is 9.36. The van der Waals surface area contributed by atoms with Gasteiger partial charge < -0.3 is 11.1 Å². The molecule has 0 radical (unpaired) electrons. The molecule has 2 aromatic heterocycles. The van der Waals surface area contributed by atoms with Gasteiger partial charge in [0.1, 0.15) is 5.82 Å². The van der Waals surface area contributed by atoms with E-state index in [1.54, 1.807) is 18.6 Å². The molecule has 0 bridgehead atoms. The normalized spacial score (nSPS) is 21.1. The first kappa shape index (κ1) is 18.8. The summed E-state index contributed by atoms with van der Waals surface area (Å²) in [5.74, 6) is 0.793. The van der Waals surface area contributed by atoms with Crippen molar-refractivity contribution in [2.45, 2.75) is 24.5 Å². The average molecular weight is 401 g/mol. The Hall–Kier alpha value is -2.52. The van der Waals surface area contributed by atoms with E-state index in [0.29, 0.717) is 31.9 Å². The van der Waals surface area contributed by atoms with Gasteiger partial charge in [0.15, 0.2) is 9.84 Å². The van der Waals surface area contributed by atoms with Crippen LogP contribution in [0.5, 0.6) is 0 Å². The molecule has 1 saturated heterocycles. The minimum absolute atomic E-state index is 0.176. The highest BCUT2D eigenvalue weighted by Gasteiger charge is 2.29. The number of nitrogens with zero attached hydrogens (tertiary/aromatic N) is 3. The molecule has 1 fully saturated rings. The Kier molecular flexibility index (Phi) is 5.03. The van der Waals surface area contributed by atoms with Crippen molar-refractivity contribution in [2.24, 2.45) is 5.73 Å². The minimum atomic E-state index is -3.08. The molecule has 8 nitrogen and oxygen atoms in total. The van der Waals surface area contributed by atoms with Crippen molar-refractivity contribution < 1.29 is 13.2 Å². The van der Waals surface area contributed by atoms with Crippen LogP contribution in [0.4, 0.5) is 10.6 Å². The molecule has 2 amide bonds. The van der Waals surface area contributed by atoms with Gasteiger partial charge in [0, 0.05) is 49.4 Å². The topological polar surface area (TPSA) is 118 Å². The van der Waals surface area contributed by atoms with Crippen LogP contribution in [0.1, 0.15) is 17.5 Å². The molecule has 28 heavy (non-hydrogen) atoms. The number of urea groups is 1. The van der Waals surface area contributed by atoms with Gasteiger partial charge in [-0.3, -0.25) is 9.88 Å². The van der Waals surface area contributed by atoms with E-state index in [0.717, 1.165) is 35.1 Å². The largest absolute Gasteiger partial charge is 0.351 e. The molecule has 4 rings (SSSR count). The first-order chi connectivity index (χ1) is 13.4. The van der Waals surface area contributed by atoms with Crippen molar-refractivity contribution in [1.29, 1.82) is 0 Å². The van der Waals surface area contributed by atoms with E-state index in [1.807, 2.05) is 12.1 Å². The third-order valence-electron chi connectivity index (χ3n) is 5.33. The van der Waals surface area contributed by atoms with Crippen LogP contribution in [0.15, 0.2) is 30.7 Å². The van der Waals surface area contributed by atoms with E-state index in [2.05, 4.69) is 15.3 Å². The van der Waals surface area contributed by atoms with Gasteiger partial charge in [-0.2, -0.15) is 0 Å². The smallest absolute Gasteiger partial charge is 0.320 e. The Morgan fingerprint density at radius 3 is 2.86 bits per heavy atom. The molecule has 2 aliphatic heterocycles. The van der Waals surface area contributed by atoms with E-state index < -0.39 is 21.1 Å². The van der Waals surface area contributed by atoms with Gasteiger partial charge in [-0.05, 0) is 42.5 Å². The summed E-state index contributed by atoms with van der Waals surface area (Å²) in [4.78, 5) is 21.9. The number of nitrogens with one attached hydrogen (secondary N) is 1. The molecule has 0 saturated carbocycles. The number of carbonyl (C=O) groups excluding carboxylic acids is 1. The molecule has 148 valence electrons. The molecular weight excluding hydrogens is 378 g/mol. The zero-order chi connectivity index (χ0) is 19.7. The summed E-state index contributed by atoms with van der Waals surface area (Å²) in [6, 6.07) is 3.49. The number of sulfone groups is 1. The summed E-state index contributed by atoms with van der Waals surface area (Å²) in [6.07, 6.45) is 7.28. The zero-order valence-corrected chi connectivity index (χ0v) is 16.3. The summed E-state index contributed by atoms with van der Waals surface area (Å²) >= 11 is 0. The highest BCUT2D eigenvalue weighted by Crippen LogP contribution is 2.29. The van der Waals surface area contributed by atoms with Gasteiger partial charge in [0.2, 0.25) is 0 Å². The van der Waals surface area contributed by atoms with Gasteiger partial charge in [-0.1, -0.05) is 0 Å². The van der Waals surface area contributed by atoms with E-state index in [9.17, 15) is 13.2 Å². The maximum Gasteiger partial charge on any atom is 0.320 e. The van der Waals surface area contributed by atoms with Crippen molar-refractivity contribution in [2.75, 3.05) is 30.3 Å². The standard InChI is InChI=1S/C19H23N5O3S/c20-19(25)24-4-1-2-14-8-16(11-23-18(14)24)15-6-13(9-22-10-15)7-17-12-21-3-5-28(17,26)27/h6,8-11,17,21H,1-5,7,12H2,(H2,20,25). The monoisotopic (exact) mass is 401 g/mol. The van der Waals surface area contributed by atoms with Crippen LogP contribution < -0.4 is 16.0 Å². The maximum absolute atomic E-state index is 12.3. The molecule has 0 spiro atoms. The Morgan fingerprint density at radius 2 is 2.07 bits per heavy atom. The molecule has 1 atom stereocenters. The fourth-order valence-electron chi connectivity index (χ4n) is 3.83. The van der Waals surface area contributed by atoms with Crippen molar-refractivity contribution in [3.05, 3.63) is 41.9 Å². The third-order valence-corrected chi connectivity index (χ3v) is 7.45. The summed E-state index contributed by atoms with van der Waals surface area (Å²) in [6.45, 7) is 1.56. The summed E-state index contributed by atoms with van der Waals surface area (Å²) in [7, 11) is -3.08. The Morgan fingerprint density at radius 1 is 1.25 bits per heavy atom. The number of rotatable bonds is 3. The van der Waals surface area contributed by atoms with Gasteiger partial charge in [0.25, 0.3) is 0 Å². The van der Waals surface area contributed by atoms with E-state index >= 15 is 0 Å². The van der Waals surface area contributed by atoms with E-state index in [4.69, 9.17) is 5.73 Å². The summed E-state index contributed by atoms with van der Waals surface area (Å²) < 4.78 is 24.5. The molecular formula is C19H23N5O3S. The number of hydrogen-bond acceptors (Lipinski definition) is 6. The highest BCUT2D eigenvalue weighted by molar-refractivity contribution is 7.92. The third kappa shape index (κ3) is 3.72. The van der Waals surface area contributed by atoms with Crippen molar-refractivity contribution in [3.8, 4) is 11.1 Å². The van der Waals surface area contributed by atoms with Gasteiger partial charge >= 0.3 is 6.03 Å². The van der Waals surface area contributed by atoms with Crippen LogP contribution >= 0.6 is 0 Å². The fourth-order valence-corrected chi connectivity index (χ4v) is 5.41. The number of primary amides is 1. The molecule has 0 aromatic carbocycles. The SMILES string of the molecule is NC(=O)N1CCCc2cc(-c3cncc(CC4CNCCS4(=O)=O)c3)cnc21. The lowest BCUT2D eigenvalue weighted by atomic mass is 10.00. The van der Waals surface area contributed by atoms with E-state index in [1.165, 1.54) is 4.90 Å². The fraction of sp³-hybridized carbons (Fsp3) is 0.421. The highest BCUT2D eigenvalue weighted by atomic mass is 32.2. The summed E-state index contributed by atoms with van der Waals surface area (Å²) in [5.41, 5.74) is 9.08. The lowest BCUT2D eigenvalue weighted by Crippen LogP contribution is -2.45. The van der Waals surface area contributed by atoms with Crippen molar-refractivity contribution >= 4 is 21.7 Å². The molecule has 3 N–H and O–H groups in total. The Balaban J connectivity index is 1.60. The quantitative estimate of drug-likeness (QED) is 0.789. The number of hydrogen-bond donors (Lipinski definition) is 2. The van der Waals surface area contributed by atoms with Crippen LogP contribution in [0.25, 0.3) is 11.1 Å². The number of pyridine rings is 2. The number of carbonyl (C=O) groups is 1. The lowest BCUT2D eigenvalue weighted by Gasteiger charge is -2.27. The number of aryl methyl sites for hydroxylation is 1. The van der Waals surface area contributed by atoms with Crippen molar-refractivity contribution in [3.63, 3.8) is 0 Å². The minimum Gasteiger partial charge on any atom is -0.351 e. The van der Waals surface area contributed by atoms with Gasteiger partial charge in [-0.15, -0.1) is 0 Å². The van der Waals surface area contributed by atoms with Crippen LogP contribution in [-0.2, 0) is 22.7 Å². The predicted octanol–water partition coefficient (Wildman–Crippen LogP) is 0.904. The predicted molar refractivity (Wildman–Crippen MR) is 107 cm³/mol. The molecule has 2 aliphatic rings. The number of fused-ring (bicyclic) bond motifs is 1. The van der Waals surface area contributed by atoms with E-state index in [-0.39, 0.29) is 5.75 Å². The number of anilines is 1. The Labute approximate surface area is 164 Å². The molecule has 2 aromatic rings. The van der Waals surface area contributed by atoms with Crippen LogP contribution in [0.2, 0.25) is 0 Å². The Bertz CT molecular complexity index is 1010. The van der Waals surface area contributed by atoms with Gasteiger partial charge in [-0.25, -0.2) is 18.2 Å². The second kappa shape index (κ2) is 7.48. The molecule has 9 heteroatoms. The number of nitrogens with two attached hydrogens (primary N) is 1.